The normalized spacial score (nSPS) is 11.3. The second-order valence-electron chi connectivity index (χ2n) is 6.34. The highest BCUT2D eigenvalue weighted by Crippen LogP contribution is 2.34. The summed E-state index contributed by atoms with van der Waals surface area (Å²) in [6.45, 7) is 2.09. The maximum absolute atomic E-state index is 13.0. The molecule has 1 aromatic carbocycles. The van der Waals surface area contributed by atoms with Crippen molar-refractivity contribution in [2.75, 3.05) is 10.6 Å². The summed E-state index contributed by atoms with van der Waals surface area (Å²) in [5.41, 5.74) is 0.208. The first-order chi connectivity index (χ1) is 13.9. The van der Waals surface area contributed by atoms with Crippen LogP contribution in [0.4, 0.5) is 29.3 Å². The number of carbonyl (C=O) groups excluding carboxylic acids is 1. The molecule has 0 saturated carbocycles. The molecule has 2 N–H and O–H groups in total. The number of benzene rings is 1. The predicted molar refractivity (Wildman–Crippen MR) is 102 cm³/mol. The number of unbranched alkanes of at least 4 members (excludes halogenated alkanes) is 1. The van der Waals surface area contributed by atoms with E-state index in [0.29, 0.717) is 17.1 Å². The van der Waals surface area contributed by atoms with Crippen LogP contribution in [0.25, 0.3) is 11.4 Å². The van der Waals surface area contributed by atoms with E-state index in [1.54, 1.807) is 12.1 Å². The molecular formula is C20H19F3N4O2. The van der Waals surface area contributed by atoms with Crippen LogP contribution in [-0.2, 0) is 12.6 Å². The summed E-state index contributed by atoms with van der Waals surface area (Å²) in [6, 6.07) is 8.98. The average molecular weight is 404 g/mol. The second kappa shape index (κ2) is 8.76. The fraction of sp³-hybridized carbons (Fsp3) is 0.250. The Hall–Kier alpha value is -3.36. The van der Waals surface area contributed by atoms with Gasteiger partial charge in [0.05, 0.1) is 28.8 Å². The van der Waals surface area contributed by atoms with Gasteiger partial charge in [-0.25, -0.2) is 4.79 Å². The molecule has 3 aromatic rings. The molecule has 0 aliphatic carbocycles. The Bertz CT molecular complexity index is 968. The van der Waals surface area contributed by atoms with Crippen LogP contribution in [0.1, 0.15) is 31.1 Å². The number of amides is 2. The maximum Gasteiger partial charge on any atom is 0.418 e. The van der Waals surface area contributed by atoms with Gasteiger partial charge < -0.3 is 15.2 Å². The Balaban J connectivity index is 1.64. The molecule has 2 heterocycles. The number of hydrogen-bond donors (Lipinski definition) is 2. The van der Waals surface area contributed by atoms with Crippen molar-refractivity contribution >= 4 is 17.4 Å². The van der Waals surface area contributed by atoms with Crippen LogP contribution in [-0.4, -0.2) is 16.2 Å². The maximum atomic E-state index is 13.0. The van der Waals surface area contributed by atoms with Gasteiger partial charge in [-0.2, -0.15) is 13.2 Å². The van der Waals surface area contributed by atoms with Gasteiger partial charge in [0.1, 0.15) is 11.5 Å². The highest BCUT2D eigenvalue weighted by molar-refractivity contribution is 6.00. The topological polar surface area (TPSA) is 80.0 Å². The molecule has 0 bridgehead atoms. The molecule has 0 fully saturated rings. The van der Waals surface area contributed by atoms with Gasteiger partial charge in [0.2, 0.25) is 0 Å². The Kier molecular flexibility index (Phi) is 6.16. The number of carbonyl (C=O) groups is 1. The summed E-state index contributed by atoms with van der Waals surface area (Å²) < 4.78 is 44.3. The third-order valence-corrected chi connectivity index (χ3v) is 4.10. The van der Waals surface area contributed by atoms with Crippen molar-refractivity contribution in [1.82, 2.24) is 10.1 Å². The Morgan fingerprint density at radius 3 is 2.59 bits per heavy atom. The molecule has 6 nitrogen and oxygen atoms in total. The van der Waals surface area contributed by atoms with Crippen LogP contribution in [0.15, 0.2) is 53.2 Å². The lowest BCUT2D eigenvalue weighted by Gasteiger charge is -2.14. The highest BCUT2D eigenvalue weighted by Gasteiger charge is 2.33. The molecule has 29 heavy (non-hydrogen) atoms. The molecule has 0 saturated heterocycles. The van der Waals surface area contributed by atoms with Gasteiger partial charge in [-0.1, -0.05) is 30.6 Å². The second-order valence-corrected chi connectivity index (χ2v) is 6.34. The average Bonchev–Trinajstić information content (AvgIpc) is 3.15. The number of aromatic nitrogens is 2. The van der Waals surface area contributed by atoms with Crippen molar-refractivity contribution in [1.29, 1.82) is 0 Å². The number of rotatable bonds is 6. The van der Waals surface area contributed by atoms with Gasteiger partial charge in [-0.15, -0.1) is 0 Å². The zero-order chi connectivity index (χ0) is 20.9. The third-order valence-electron chi connectivity index (χ3n) is 4.10. The highest BCUT2D eigenvalue weighted by atomic mass is 19.4. The van der Waals surface area contributed by atoms with Crippen LogP contribution in [0.3, 0.4) is 0 Å². The van der Waals surface area contributed by atoms with E-state index < -0.39 is 17.8 Å². The zero-order valence-electron chi connectivity index (χ0n) is 15.6. The van der Waals surface area contributed by atoms with Crippen molar-refractivity contribution < 1.29 is 22.5 Å². The van der Waals surface area contributed by atoms with Gasteiger partial charge >= 0.3 is 12.2 Å². The number of nitrogens with zero attached hydrogens (tertiary/aromatic N) is 2. The molecular weight excluding hydrogens is 385 g/mol. The van der Waals surface area contributed by atoms with E-state index in [9.17, 15) is 18.0 Å². The number of aryl methyl sites for hydroxylation is 1. The lowest BCUT2D eigenvalue weighted by atomic mass is 10.1. The summed E-state index contributed by atoms with van der Waals surface area (Å²) in [5.74, 6) is 0.772. The summed E-state index contributed by atoms with van der Waals surface area (Å²) >= 11 is 0. The van der Waals surface area contributed by atoms with Crippen LogP contribution in [0.2, 0.25) is 0 Å². The monoisotopic (exact) mass is 404 g/mol. The molecule has 0 aliphatic heterocycles. The first kappa shape index (κ1) is 20.4. The fourth-order valence-electron chi connectivity index (χ4n) is 2.65. The minimum Gasteiger partial charge on any atom is -0.361 e. The number of halogens is 3. The lowest BCUT2D eigenvalue weighted by molar-refractivity contribution is -0.136. The number of nitrogens with one attached hydrogen (secondary N) is 2. The molecule has 9 heteroatoms. The lowest BCUT2D eigenvalue weighted by Crippen LogP contribution is -2.21. The summed E-state index contributed by atoms with van der Waals surface area (Å²) in [7, 11) is 0. The number of para-hydroxylation sites is 1. The minimum atomic E-state index is -4.57. The van der Waals surface area contributed by atoms with Crippen molar-refractivity contribution in [2.45, 2.75) is 32.4 Å². The van der Waals surface area contributed by atoms with E-state index in [1.165, 1.54) is 24.4 Å². The smallest absolute Gasteiger partial charge is 0.361 e. The van der Waals surface area contributed by atoms with Gasteiger partial charge in [-0.3, -0.25) is 4.98 Å². The van der Waals surface area contributed by atoms with Crippen LogP contribution >= 0.6 is 0 Å². The van der Waals surface area contributed by atoms with Gasteiger partial charge in [0.15, 0.2) is 0 Å². The standard InChI is InChI=1S/C20H19F3N4O2/c1-2-3-6-14-11-18(27-29-14)17-10-9-13(12-24-17)25-19(28)26-16-8-5-4-7-15(16)20(21,22)23/h4-5,7-12H,2-3,6H2,1H3,(H2,25,26,28). The number of alkyl halides is 3. The largest absolute Gasteiger partial charge is 0.418 e. The van der Waals surface area contributed by atoms with Crippen LogP contribution in [0, 0.1) is 0 Å². The van der Waals surface area contributed by atoms with Crippen molar-refractivity contribution in [3.63, 3.8) is 0 Å². The van der Waals surface area contributed by atoms with Crippen molar-refractivity contribution in [3.8, 4) is 11.4 Å². The van der Waals surface area contributed by atoms with E-state index in [0.717, 1.165) is 31.1 Å². The quantitative estimate of drug-likeness (QED) is 0.549. The minimum absolute atomic E-state index is 0.324. The molecule has 152 valence electrons. The number of hydrogen-bond acceptors (Lipinski definition) is 4. The van der Waals surface area contributed by atoms with Crippen LogP contribution in [0.5, 0.6) is 0 Å². The number of anilines is 2. The first-order valence-corrected chi connectivity index (χ1v) is 9.03. The van der Waals surface area contributed by atoms with E-state index in [4.69, 9.17) is 4.52 Å². The molecule has 3 rings (SSSR count). The van der Waals surface area contributed by atoms with E-state index in [2.05, 4.69) is 27.7 Å². The third kappa shape index (κ3) is 5.34. The SMILES string of the molecule is CCCCc1cc(-c2ccc(NC(=O)Nc3ccccc3C(F)(F)F)cn2)no1. The molecule has 2 amide bonds. The summed E-state index contributed by atoms with van der Waals surface area (Å²) in [5, 5.41) is 8.64. The summed E-state index contributed by atoms with van der Waals surface area (Å²) in [6.07, 6.45) is -0.337. The Labute approximate surface area is 165 Å². The number of urea groups is 1. The molecule has 0 unspecified atom stereocenters. The first-order valence-electron chi connectivity index (χ1n) is 9.03. The van der Waals surface area contributed by atoms with Crippen LogP contribution < -0.4 is 10.6 Å². The predicted octanol–water partition coefficient (Wildman–Crippen LogP) is 5.74. The van der Waals surface area contributed by atoms with Crippen molar-refractivity contribution in [2.24, 2.45) is 0 Å². The number of pyridine rings is 1. The van der Waals surface area contributed by atoms with E-state index in [-0.39, 0.29) is 5.69 Å². The Morgan fingerprint density at radius 2 is 1.90 bits per heavy atom. The van der Waals surface area contributed by atoms with Gasteiger partial charge in [-0.05, 0) is 30.7 Å². The molecule has 0 radical (unpaired) electrons. The van der Waals surface area contributed by atoms with E-state index in [1.807, 2.05) is 6.07 Å². The summed E-state index contributed by atoms with van der Waals surface area (Å²) in [4.78, 5) is 16.3. The fourth-order valence-corrected chi connectivity index (χ4v) is 2.65. The molecule has 0 aliphatic rings. The molecule has 0 spiro atoms. The Morgan fingerprint density at radius 1 is 1.10 bits per heavy atom. The van der Waals surface area contributed by atoms with Crippen molar-refractivity contribution in [3.05, 3.63) is 60.0 Å². The molecule has 0 atom stereocenters. The van der Waals surface area contributed by atoms with Gasteiger partial charge in [0, 0.05) is 12.5 Å². The zero-order valence-corrected chi connectivity index (χ0v) is 15.6. The molecule has 2 aromatic heterocycles. The van der Waals surface area contributed by atoms with Gasteiger partial charge in [0.25, 0.3) is 0 Å². The van der Waals surface area contributed by atoms with E-state index >= 15 is 0 Å².